The number of nitrogens with zero attached hydrogens (tertiary/aromatic N) is 4. The van der Waals surface area contributed by atoms with Crippen LogP contribution < -0.4 is 10.1 Å². The van der Waals surface area contributed by atoms with Crippen molar-refractivity contribution in [2.45, 2.75) is 6.92 Å². The zero-order valence-electron chi connectivity index (χ0n) is 13.5. The zero-order valence-corrected chi connectivity index (χ0v) is 13.5. The molecule has 0 atom stereocenters. The van der Waals surface area contributed by atoms with Gasteiger partial charge >= 0.3 is 0 Å². The Hall–Kier alpha value is -2.67. The number of anilines is 2. The van der Waals surface area contributed by atoms with Crippen molar-refractivity contribution in [1.82, 2.24) is 25.1 Å². The van der Waals surface area contributed by atoms with Crippen LogP contribution in [0.2, 0.25) is 0 Å². The number of hydrogen-bond acceptors (Lipinski definition) is 6. The van der Waals surface area contributed by atoms with Crippen LogP contribution in [0.4, 0.5) is 11.5 Å². The van der Waals surface area contributed by atoms with Crippen LogP contribution in [-0.4, -0.2) is 52.3 Å². The van der Waals surface area contributed by atoms with Gasteiger partial charge in [0.2, 0.25) is 0 Å². The second kappa shape index (κ2) is 6.62. The van der Waals surface area contributed by atoms with Gasteiger partial charge in [0.1, 0.15) is 12.4 Å². The Morgan fingerprint density at radius 2 is 2.09 bits per heavy atom. The number of benzene rings is 1. The lowest BCUT2D eigenvalue weighted by atomic mass is 10.2. The van der Waals surface area contributed by atoms with Gasteiger partial charge in [-0.2, -0.15) is 5.10 Å². The summed E-state index contributed by atoms with van der Waals surface area (Å²) in [5.74, 6) is 1.42. The highest BCUT2D eigenvalue weighted by molar-refractivity contribution is 5.84. The molecule has 0 fully saturated rings. The second-order valence-corrected chi connectivity index (χ2v) is 5.60. The van der Waals surface area contributed by atoms with E-state index in [4.69, 9.17) is 4.74 Å². The van der Waals surface area contributed by atoms with Gasteiger partial charge in [-0.3, -0.25) is 0 Å². The molecule has 2 N–H and O–H groups in total. The molecule has 23 heavy (non-hydrogen) atoms. The quantitative estimate of drug-likeness (QED) is 0.727. The Bertz CT molecular complexity index is 781. The van der Waals surface area contributed by atoms with Crippen molar-refractivity contribution < 1.29 is 4.74 Å². The van der Waals surface area contributed by atoms with Gasteiger partial charge < -0.3 is 19.9 Å². The molecular weight excluding hydrogens is 292 g/mol. The maximum atomic E-state index is 5.92. The van der Waals surface area contributed by atoms with Crippen LogP contribution in [0.5, 0.6) is 5.75 Å². The average molecular weight is 312 g/mol. The van der Waals surface area contributed by atoms with Gasteiger partial charge in [0.25, 0.3) is 0 Å². The highest BCUT2D eigenvalue weighted by Crippen LogP contribution is 2.31. The third kappa shape index (κ3) is 3.75. The van der Waals surface area contributed by atoms with Crippen LogP contribution in [0, 0.1) is 6.92 Å². The first-order valence-corrected chi connectivity index (χ1v) is 7.44. The lowest BCUT2D eigenvalue weighted by Crippen LogP contribution is -2.19. The first kappa shape index (κ1) is 15.2. The number of H-pyrrole nitrogens is 1. The minimum atomic E-state index is 0.598. The molecule has 0 aliphatic heterocycles. The molecule has 7 nitrogen and oxygen atoms in total. The van der Waals surface area contributed by atoms with Gasteiger partial charge in [0.15, 0.2) is 5.82 Å². The largest absolute Gasteiger partial charge is 0.490 e. The highest BCUT2D eigenvalue weighted by atomic mass is 16.5. The third-order valence-electron chi connectivity index (χ3n) is 3.38. The maximum Gasteiger partial charge on any atom is 0.153 e. The number of aromatic nitrogens is 4. The molecular formula is C16H20N6O. The Balaban J connectivity index is 1.87. The molecule has 0 saturated heterocycles. The van der Waals surface area contributed by atoms with E-state index in [9.17, 15) is 0 Å². The summed E-state index contributed by atoms with van der Waals surface area (Å²) in [5, 5.41) is 11.5. The number of nitrogens with one attached hydrogen (secondary N) is 2. The van der Waals surface area contributed by atoms with E-state index in [1.165, 1.54) is 0 Å². The van der Waals surface area contributed by atoms with Crippen LogP contribution in [0.3, 0.4) is 0 Å². The van der Waals surface area contributed by atoms with Gasteiger partial charge in [-0.1, -0.05) is 0 Å². The minimum absolute atomic E-state index is 0.598. The first-order valence-electron chi connectivity index (χ1n) is 7.44. The Morgan fingerprint density at radius 1 is 1.22 bits per heavy atom. The Morgan fingerprint density at radius 3 is 2.83 bits per heavy atom. The molecule has 0 radical (unpaired) electrons. The van der Waals surface area contributed by atoms with E-state index < -0.39 is 0 Å². The van der Waals surface area contributed by atoms with E-state index in [1.54, 1.807) is 6.33 Å². The summed E-state index contributed by atoms with van der Waals surface area (Å²) in [7, 11) is 4.03. The lowest BCUT2D eigenvalue weighted by molar-refractivity contribution is 0.262. The van der Waals surface area contributed by atoms with Crippen LogP contribution in [0.15, 0.2) is 30.6 Å². The van der Waals surface area contributed by atoms with E-state index in [-0.39, 0.29) is 0 Å². The second-order valence-electron chi connectivity index (χ2n) is 5.60. The monoisotopic (exact) mass is 312 g/mol. The molecule has 0 spiro atoms. The first-order chi connectivity index (χ1) is 11.1. The molecule has 2 heterocycles. The number of rotatable bonds is 6. The summed E-state index contributed by atoms with van der Waals surface area (Å²) in [6.45, 7) is 3.34. The fourth-order valence-corrected chi connectivity index (χ4v) is 2.12. The molecule has 3 aromatic rings. The average Bonchev–Trinajstić information content (AvgIpc) is 2.96. The molecule has 120 valence electrons. The molecule has 3 rings (SSSR count). The van der Waals surface area contributed by atoms with Gasteiger partial charge in [-0.25, -0.2) is 4.98 Å². The number of hydrogen-bond donors (Lipinski definition) is 2. The molecule has 0 saturated carbocycles. The fraction of sp³-hybridized carbons (Fsp3) is 0.312. The van der Waals surface area contributed by atoms with Gasteiger partial charge in [0.05, 0.1) is 28.7 Å². The molecule has 1 aromatic carbocycles. The standard InChI is InChI=1S/C16H20N6O/c1-11-4-5-16(21-20-11)19-14-8-12-13(18-10-17-12)9-15(14)23-7-6-22(2)3/h4-5,8-10H,6-7H2,1-3H3,(H,17,18)(H,19,21). The van der Waals surface area contributed by atoms with Crippen LogP contribution >= 0.6 is 0 Å². The minimum Gasteiger partial charge on any atom is -0.490 e. The SMILES string of the molecule is Cc1ccc(Nc2cc3nc[nH]c3cc2OCCN(C)C)nn1. The summed E-state index contributed by atoms with van der Waals surface area (Å²) in [4.78, 5) is 9.47. The van der Waals surface area contributed by atoms with E-state index in [1.807, 2.05) is 45.3 Å². The molecule has 0 amide bonds. The zero-order chi connectivity index (χ0) is 16.2. The summed E-state index contributed by atoms with van der Waals surface area (Å²) < 4.78 is 5.92. The summed E-state index contributed by atoms with van der Waals surface area (Å²) in [5.41, 5.74) is 3.50. The molecule has 0 aliphatic carbocycles. The van der Waals surface area contributed by atoms with Crippen molar-refractivity contribution >= 4 is 22.5 Å². The molecule has 7 heteroatoms. The molecule has 0 unspecified atom stereocenters. The van der Waals surface area contributed by atoms with Gasteiger partial charge in [0, 0.05) is 12.6 Å². The normalized spacial score (nSPS) is 11.1. The number of imidazole rings is 1. The number of ether oxygens (including phenoxy) is 1. The number of fused-ring (bicyclic) bond motifs is 1. The van der Waals surface area contributed by atoms with E-state index >= 15 is 0 Å². The van der Waals surface area contributed by atoms with E-state index in [2.05, 4.69) is 30.4 Å². The topological polar surface area (TPSA) is 79.0 Å². The van der Waals surface area contributed by atoms with E-state index in [0.29, 0.717) is 12.4 Å². The molecule has 0 bridgehead atoms. The van der Waals surface area contributed by atoms with Crippen molar-refractivity contribution in [3.05, 3.63) is 36.3 Å². The number of likely N-dealkylation sites (N-methyl/N-ethyl adjacent to an activating group) is 1. The van der Waals surface area contributed by atoms with Gasteiger partial charge in [-0.15, -0.1) is 5.10 Å². The highest BCUT2D eigenvalue weighted by Gasteiger charge is 2.09. The smallest absolute Gasteiger partial charge is 0.153 e. The van der Waals surface area contributed by atoms with Crippen LogP contribution in [0.25, 0.3) is 11.0 Å². The summed E-state index contributed by atoms with van der Waals surface area (Å²) in [6, 6.07) is 7.69. The van der Waals surface area contributed by atoms with Crippen LogP contribution in [0.1, 0.15) is 5.69 Å². The molecule has 0 aliphatic rings. The molecule has 2 aromatic heterocycles. The van der Waals surface area contributed by atoms with Crippen molar-refractivity contribution in [3.8, 4) is 5.75 Å². The lowest BCUT2D eigenvalue weighted by Gasteiger charge is -2.15. The van der Waals surface area contributed by atoms with Crippen molar-refractivity contribution in [2.24, 2.45) is 0 Å². The van der Waals surface area contributed by atoms with Crippen LogP contribution in [-0.2, 0) is 0 Å². The Kier molecular flexibility index (Phi) is 4.38. The predicted molar refractivity (Wildman–Crippen MR) is 90.2 cm³/mol. The van der Waals surface area contributed by atoms with Crippen molar-refractivity contribution in [1.29, 1.82) is 0 Å². The predicted octanol–water partition coefficient (Wildman–Crippen LogP) is 2.35. The van der Waals surface area contributed by atoms with Crippen molar-refractivity contribution in [2.75, 3.05) is 32.6 Å². The maximum absolute atomic E-state index is 5.92. The van der Waals surface area contributed by atoms with Crippen molar-refractivity contribution in [3.63, 3.8) is 0 Å². The van der Waals surface area contributed by atoms with Gasteiger partial charge in [-0.05, 0) is 39.2 Å². The van der Waals surface area contributed by atoms with E-state index in [0.717, 1.165) is 34.7 Å². The number of aryl methyl sites for hydroxylation is 1. The summed E-state index contributed by atoms with van der Waals surface area (Å²) in [6.07, 6.45) is 1.67. The fourth-order valence-electron chi connectivity index (χ4n) is 2.12. The number of aromatic amines is 1. The summed E-state index contributed by atoms with van der Waals surface area (Å²) >= 11 is 0. The Labute approximate surface area is 134 Å². The third-order valence-corrected chi connectivity index (χ3v) is 3.38.